The Bertz CT molecular complexity index is 777. The fraction of sp³-hybridized carbons (Fsp3) is 0.333. The number of rotatable bonds is 8. The molecule has 1 N–H and O–H groups in total. The van der Waals surface area contributed by atoms with Gasteiger partial charge in [-0.1, -0.05) is 37.3 Å². The predicted molar refractivity (Wildman–Crippen MR) is 102 cm³/mol. The zero-order valence-corrected chi connectivity index (χ0v) is 15.9. The van der Waals surface area contributed by atoms with Gasteiger partial charge >= 0.3 is 0 Å². The number of hydrogen-bond acceptors (Lipinski definition) is 3. The highest BCUT2D eigenvalue weighted by Crippen LogP contribution is 2.18. The van der Waals surface area contributed by atoms with E-state index in [4.69, 9.17) is 4.74 Å². The fourth-order valence-corrected chi connectivity index (χ4v) is 2.81. The molecule has 144 valence electrons. The molecule has 0 spiro atoms. The van der Waals surface area contributed by atoms with E-state index in [1.165, 1.54) is 24.1 Å². The van der Waals surface area contributed by atoms with Gasteiger partial charge in [0.2, 0.25) is 5.91 Å². The van der Waals surface area contributed by atoms with Crippen LogP contribution in [0, 0.1) is 12.7 Å². The lowest BCUT2D eigenvalue weighted by Gasteiger charge is -2.30. The summed E-state index contributed by atoms with van der Waals surface area (Å²) in [5.41, 5.74) is 1.66. The first-order valence-corrected chi connectivity index (χ1v) is 8.90. The monoisotopic (exact) mass is 372 g/mol. The van der Waals surface area contributed by atoms with Crippen LogP contribution in [0.15, 0.2) is 48.5 Å². The molecule has 5 nitrogen and oxygen atoms in total. The summed E-state index contributed by atoms with van der Waals surface area (Å²) in [6, 6.07) is 12.7. The van der Waals surface area contributed by atoms with Crippen LogP contribution in [-0.4, -0.2) is 36.4 Å². The number of para-hydroxylation sites is 1. The number of likely N-dealkylation sites (N-methyl/N-ethyl adjacent to an activating group) is 1. The number of aryl methyl sites for hydroxylation is 1. The zero-order valence-electron chi connectivity index (χ0n) is 15.9. The van der Waals surface area contributed by atoms with Gasteiger partial charge in [-0.3, -0.25) is 9.59 Å². The molecule has 2 aromatic carbocycles. The Morgan fingerprint density at radius 1 is 1.15 bits per heavy atom. The van der Waals surface area contributed by atoms with Crippen LogP contribution in [0.4, 0.5) is 4.39 Å². The highest BCUT2D eigenvalue weighted by molar-refractivity contribution is 5.88. The van der Waals surface area contributed by atoms with Crippen molar-refractivity contribution >= 4 is 11.8 Å². The Morgan fingerprint density at radius 3 is 2.41 bits per heavy atom. The standard InChI is InChI=1S/C21H25FN2O3/c1-4-18(21(26)23-3)24(13-16-9-11-17(22)12-10-16)20(25)14-27-19-8-6-5-7-15(19)2/h5-12,18H,4,13-14H2,1-3H3,(H,23,26). The van der Waals surface area contributed by atoms with Crippen molar-refractivity contribution in [2.75, 3.05) is 13.7 Å². The Kier molecular flexibility index (Phi) is 7.34. The molecule has 0 aliphatic rings. The van der Waals surface area contributed by atoms with E-state index in [1.807, 2.05) is 32.0 Å². The molecular formula is C21H25FN2O3. The second-order valence-electron chi connectivity index (χ2n) is 6.24. The summed E-state index contributed by atoms with van der Waals surface area (Å²) >= 11 is 0. The van der Waals surface area contributed by atoms with Crippen molar-refractivity contribution in [3.8, 4) is 5.75 Å². The topological polar surface area (TPSA) is 58.6 Å². The molecule has 2 rings (SSSR count). The van der Waals surface area contributed by atoms with E-state index in [2.05, 4.69) is 5.32 Å². The minimum atomic E-state index is -0.631. The lowest BCUT2D eigenvalue weighted by Crippen LogP contribution is -2.49. The van der Waals surface area contributed by atoms with Crippen LogP contribution in [0.2, 0.25) is 0 Å². The normalized spacial score (nSPS) is 11.6. The molecular weight excluding hydrogens is 347 g/mol. The van der Waals surface area contributed by atoms with E-state index >= 15 is 0 Å². The van der Waals surface area contributed by atoms with Gasteiger partial charge in [-0.05, 0) is 42.7 Å². The first-order chi connectivity index (χ1) is 13.0. The Hall–Kier alpha value is -2.89. The summed E-state index contributed by atoms with van der Waals surface area (Å²) in [4.78, 5) is 26.6. The van der Waals surface area contributed by atoms with Crippen LogP contribution in [0.25, 0.3) is 0 Å². The molecule has 0 aliphatic heterocycles. The summed E-state index contributed by atoms with van der Waals surface area (Å²) in [6.07, 6.45) is 0.455. The molecule has 0 heterocycles. The van der Waals surface area contributed by atoms with Crippen molar-refractivity contribution in [2.45, 2.75) is 32.9 Å². The molecule has 2 aromatic rings. The minimum absolute atomic E-state index is 0.181. The fourth-order valence-electron chi connectivity index (χ4n) is 2.81. The summed E-state index contributed by atoms with van der Waals surface area (Å²) in [5.74, 6) is -0.277. The maximum atomic E-state index is 13.2. The molecule has 0 aromatic heterocycles. The molecule has 0 aliphatic carbocycles. The Morgan fingerprint density at radius 2 is 1.81 bits per heavy atom. The number of ether oxygens (including phenoxy) is 1. The predicted octanol–water partition coefficient (Wildman–Crippen LogP) is 3.07. The smallest absolute Gasteiger partial charge is 0.261 e. The van der Waals surface area contributed by atoms with E-state index < -0.39 is 6.04 Å². The minimum Gasteiger partial charge on any atom is -0.484 e. The van der Waals surface area contributed by atoms with Crippen LogP contribution < -0.4 is 10.1 Å². The number of carbonyl (C=O) groups is 2. The van der Waals surface area contributed by atoms with Gasteiger partial charge in [-0.15, -0.1) is 0 Å². The van der Waals surface area contributed by atoms with Crippen LogP contribution in [-0.2, 0) is 16.1 Å². The van der Waals surface area contributed by atoms with Gasteiger partial charge in [-0.2, -0.15) is 0 Å². The third kappa shape index (κ3) is 5.54. The van der Waals surface area contributed by atoms with Gasteiger partial charge in [0.15, 0.2) is 6.61 Å². The van der Waals surface area contributed by atoms with Crippen LogP contribution in [0.3, 0.4) is 0 Å². The van der Waals surface area contributed by atoms with Crippen LogP contribution >= 0.6 is 0 Å². The lowest BCUT2D eigenvalue weighted by atomic mass is 10.1. The summed E-state index contributed by atoms with van der Waals surface area (Å²) in [7, 11) is 1.54. The molecule has 0 fully saturated rings. The average Bonchev–Trinajstić information content (AvgIpc) is 2.68. The Labute approximate surface area is 159 Å². The number of carbonyl (C=O) groups excluding carboxylic acids is 2. The third-order valence-corrected chi connectivity index (χ3v) is 4.34. The molecule has 0 saturated carbocycles. The SMILES string of the molecule is CCC(C(=O)NC)N(Cc1ccc(F)cc1)C(=O)COc1ccccc1C. The average molecular weight is 372 g/mol. The molecule has 1 unspecified atom stereocenters. The van der Waals surface area contributed by atoms with Crippen molar-refractivity contribution in [1.82, 2.24) is 10.2 Å². The zero-order chi connectivity index (χ0) is 19.8. The number of benzene rings is 2. The summed E-state index contributed by atoms with van der Waals surface area (Å²) in [5, 5.41) is 2.60. The molecule has 0 bridgehead atoms. The molecule has 6 heteroatoms. The van der Waals surface area contributed by atoms with E-state index in [0.717, 1.165) is 11.1 Å². The maximum absolute atomic E-state index is 13.2. The largest absolute Gasteiger partial charge is 0.484 e. The first kappa shape index (κ1) is 20.4. The van der Waals surface area contributed by atoms with E-state index in [9.17, 15) is 14.0 Å². The first-order valence-electron chi connectivity index (χ1n) is 8.90. The highest BCUT2D eigenvalue weighted by atomic mass is 19.1. The summed E-state index contributed by atoms with van der Waals surface area (Å²) < 4.78 is 18.8. The van der Waals surface area contributed by atoms with Crippen molar-refractivity contribution in [3.05, 3.63) is 65.5 Å². The number of hydrogen-bond donors (Lipinski definition) is 1. The number of nitrogens with zero attached hydrogens (tertiary/aromatic N) is 1. The van der Waals surface area contributed by atoms with Gasteiger partial charge < -0.3 is 15.0 Å². The van der Waals surface area contributed by atoms with Crippen molar-refractivity contribution in [3.63, 3.8) is 0 Å². The second-order valence-corrected chi connectivity index (χ2v) is 6.24. The van der Waals surface area contributed by atoms with E-state index in [1.54, 1.807) is 18.2 Å². The third-order valence-electron chi connectivity index (χ3n) is 4.34. The van der Waals surface area contributed by atoms with Crippen molar-refractivity contribution in [1.29, 1.82) is 0 Å². The van der Waals surface area contributed by atoms with E-state index in [-0.39, 0.29) is 30.8 Å². The van der Waals surface area contributed by atoms with E-state index in [0.29, 0.717) is 12.2 Å². The van der Waals surface area contributed by atoms with Crippen LogP contribution in [0.1, 0.15) is 24.5 Å². The van der Waals surface area contributed by atoms with Crippen molar-refractivity contribution < 1.29 is 18.7 Å². The number of nitrogens with one attached hydrogen (secondary N) is 1. The van der Waals surface area contributed by atoms with Gasteiger partial charge in [0.1, 0.15) is 17.6 Å². The Balaban J connectivity index is 2.19. The maximum Gasteiger partial charge on any atom is 0.261 e. The number of halogens is 1. The lowest BCUT2D eigenvalue weighted by molar-refractivity contribution is -0.142. The quantitative estimate of drug-likeness (QED) is 0.775. The van der Waals surface area contributed by atoms with Crippen molar-refractivity contribution in [2.24, 2.45) is 0 Å². The van der Waals surface area contributed by atoms with Gasteiger partial charge in [-0.25, -0.2) is 4.39 Å². The molecule has 0 radical (unpaired) electrons. The molecule has 0 saturated heterocycles. The molecule has 27 heavy (non-hydrogen) atoms. The highest BCUT2D eigenvalue weighted by Gasteiger charge is 2.28. The van der Waals surface area contributed by atoms with Gasteiger partial charge in [0.25, 0.3) is 5.91 Å². The summed E-state index contributed by atoms with van der Waals surface area (Å²) in [6.45, 7) is 3.75. The van der Waals surface area contributed by atoms with Gasteiger partial charge in [0.05, 0.1) is 0 Å². The second kappa shape index (κ2) is 9.71. The van der Waals surface area contributed by atoms with Gasteiger partial charge in [0, 0.05) is 13.6 Å². The number of amides is 2. The van der Waals surface area contributed by atoms with Crippen LogP contribution in [0.5, 0.6) is 5.75 Å². The molecule has 2 amide bonds. The molecule has 1 atom stereocenters.